The van der Waals surface area contributed by atoms with Gasteiger partial charge < -0.3 is 12.4 Å². The van der Waals surface area contributed by atoms with Crippen molar-refractivity contribution >= 4 is 23.2 Å². The van der Waals surface area contributed by atoms with Crippen molar-refractivity contribution in [3.05, 3.63) is 126 Å². The number of halogens is 1. The number of hydrogen-bond acceptors (Lipinski definition) is 1. The standard InChI is InChI=1S/C27H23NP.ClH/c28-22-24-12-10-11-23(21-24)19-20-29(25-13-4-1-5-14-25,26-15-6-2-7-16-26)27-17-8-3-9-18-27;/h1-18,21H,19-20H2;1H/q+1;/p-1. The molecule has 1 nitrogen and oxygen atoms in total. The molecular weight excluding hydrogens is 405 g/mol. The summed E-state index contributed by atoms with van der Waals surface area (Å²) in [5, 5.41) is 13.5. The summed E-state index contributed by atoms with van der Waals surface area (Å²) < 4.78 is 0. The molecule has 148 valence electrons. The summed E-state index contributed by atoms with van der Waals surface area (Å²) in [4.78, 5) is 0. The maximum Gasteiger partial charge on any atom is 0.112 e. The van der Waals surface area contributed by atoms with Gasteiger partial charge in [0.25, 0.3) is 0 Å². The lowest BCUT2D eigenvalue weighted by Crippen LogP contribution is -3.00. The van der Waals surface area contributed by atoms with Crippen LogP contribution in [0.25, 0.3) is 0 Å². The third-order valence-electron chi connectivity index (χ3n) is 5.38. The molecule has 0 atom stereocenters. The van der Waals surface area contributed by atoms with Crippen LogP contribution < -0.4 is 28.3 Å². The van der Waals surface area contributed by atoms with E-state index >= 15 is 0 Å². The Labute approximate surface area is 185 Å². The molecule has 0 heterocycles. The van der Waals surface area contributed by atoms with E-state index in [9.17, 15) is 5.26 Å². The average Bonchev–Trinajstić information content (AvgIpc) is 2.82. The monoisotopic (exact) mass is 427 g/mol. The maximum atomic E-state index is 9.28. The van der Waals surface area contributed by atoms with Crippen LogP contribution in [0.2, 0.25) is 0 Å². The van der Waals surface area contributed by atoms with Crippen LogP contribution in [0.3, 0.4) is 0 Å². The number of aryl methyl sites for hydroxylation is 1. The molecule has 4 rings (SSSR count). The zero-order chi connectivity index (χ0) is 19.9. The van der Waals surface area contributed by atoms with E-state index in [0.717, 1.165) is 18.1 Å². The third kappa shape index (κ3) is 4.47. The van der Waals surface area contributed by atoms with Gasteiger partial charge in [0.1, 0.15) is 23.2 Å². The summed E-state index contributed by atoms with van der Waals surface area (Å²) >= 11 is 0. The largest absolute Gasteiger partial charge is 1.00 e. The van der Waals surface area contributed by atoms with E-state index < -0.39 is 7.26 Å². The topological polar surface area (TPSA) is 23.8 Å². The van der Waals surface area contributed by atoms with Gasteiger partial charge in [-0.1, -0.05) is 66.7 Å². The Balaban J connectivity index is 0.00000256. The van der Waals surface area contributed by atoms with Crippen molar-refractivity contribution < 1.29 is 12.4 Å². The molecule has 0 unspecified atom stereocenters. The summed E-state index contributed by atoms with van der Waals surface area (Å²) in [6.07, 6.45) is 1.96. The summed E-state index contributed by atoms with van der Waals surface area (Å²) in [5.41, 5.74) is 1.95. The third-order valence-corrected chi connectivity index (χ3v) is 9.82. The Kier molecular flexibility index (Phi) is 7.42. The quantitative estimate of drug-likeness (QED) is 0.432. The van der Waals surface area contributed by atoms with E-state index in [1.54, 1.807) is 0 Å². The zero-order valence-corrected chi connectivity index (χ0v) is 18.3. The summed E-state index contributed by atoms with van der Waals surface area (Å²) in [7, 11) is -1.83. The van der Waals surface area contributed by atoms with Gasteiger partial charge in [0.15, 0.2) is 0 Å². The van der Waals surface area contributed by atoms with Crippen molar-refractivity contribution in [1.82, 2.24) is 0 Å². The lowest BCUT2D eigenvalue weighted by atomic mass is 10.1. The number of rotatable bonds is 6. The van der Waals surface area contributed by atoms with Gasteiger partial charge in [-0.3, -0.25) is 0 Å². The molecule has 4 aromatic rings. The molecule has 0 fully saturated rings. The summed E-state index contributed by atoms with van der Waals surface area (Å²) in [6.45, 7) is 0. The molecule has 0 bridgehead atoms. The van der Waals surface area contributed by atoms with Crippen LogP contribution >= 0.6 is 7.26 Å². The van der Waals surface area contributed by atoms with Crippen LogP contribution in [0.1, 0.15) is 11.1 Å². The minimum atomic E-state index is -1.83. The van der Waals surface area contributed by atoms with Crippen LogP contribution in [0, 0.1) is 11.3 Å². The molecule has 4 aromatic carbocycles. The predicted molar refractivity (Wildman–Crippen MR) is 125 cm³/mol. The minimum Gasteiger partial charge on any atom is -1.00 e. The van der Waals surface area contributed by atoms with E-state index in [4.69, 9.17) is 0 Å². The van der Waals surface area contributed by atoms with Crippen LogP contribution in [-0.2, 0) is 6.42 Å². The second-order valence-electron chi connectivity index (χ2n) is 7.10. The van der Waals surface area contributed by atoms with Gasteiger partial charge >= 0.3 is 0 Å². The molecule has 30 heavy (non-hydrogen) atoms. The van der Waals surface area contributed by atoms with Crippen molar-refractivity contribution in [2.75, 3.05) is 6.16 Å². The van der Waals surface area contributed by atoms with Crippen molar-refractivity contribution in [1.29, 1.82) is 5.26 Å². The van der Waals surface area contributed by atoms with Crippen molar-refractivity contribution in [3.63, 3.8) is 0 Å². The van der Waals surface area contributed by atoms with Gasteiger partial charge in [-0.25, -0.2) is 0 Å². The highest BCUT2D eigenvalue weighted by Gasteiger charge is 2.44. The average molecular weight is 428 g/mol. The second-order valence-corrected chi connectivity index (χ2v) is 10.7. The highest BCUT2D eigenvalue weighted by atomic mass is 35.5. The molecule has 0 spiro atoms. The zero-order valence-electron chi connectivity index (χ0n) is 16.7. The fourth-order valence-corrected chi connectivity index (χ4v) is 8.28. The molecule has 0 amide bonds. The number of hydrogen-bond donors (Lipinski definition) is 0. The van der Waals surface area contributed by atoms with E-state index in [1.807, 2.05) is 18.2 Å². The first-order valence-corrected chi connectivity index (χ1v) is 11.8. The maximum absolute atomic E-state index is 9.28. The Morgan fingerprint density at radius 2 is 1.07 bits per heavy atom. The minimum absolute atomic E-state index is 0. The fourth-order valence-electron chi connectivity index (χ4n) is 3.98. The molecule has 3 heteroatoms. The van der Waals surface area contributed by atoms with Gasteiger partial charge in [-0.15, -0.1) is 0 Å². The van der Waals surface area contributed by atoms with Gasteiger partial charge in [0.05, 0.1) is 17.8 Å². The molecular formula is C27H23ClNP. The molecule has 0 saturated carbocycles. The lowest BCUT2D eigenvalue weighted by Gasteiger charge is -2.27. The first kappa shape index (κ1) is 21.8. The fraction of sp³-hybridized carbons (Fsp3) is 0.0741. The van der Waals surface area contributed by atoms with Gasteiger partial charge in [-0.05, 0) is 54.1 Å². The SMILES string of the molecule is N#Cc1cccc(CC[P+](c2ccccc2)(c2ccccc2)c2ccccc2)c1.[Cl-]. The molecule has 0 aliphatic carbocycles. The van der Waals surface area contributed by atoms with Crippen LogP contribution in [0.5, 0.6) is 0 Å². The summed E-state index contributed by atoms with van der Waals surface area (Å²) in [5.74, 6) is 0. The van der Waals surface area contributed by atoms with Gasteiger partial charge in [0, 0.05) is 6.42 Å². The smallest absolute Gasteiger partial charge is 0.112 e. The highest BCUT2D eigenvalue weighted by Crippen LogP contribution is 2.55. The molecule has 0 N–H and O–H groups in total. The highest BCUT2D eigenvalue weighted by molar-refractivity contribution is 7.95. The van der Waals surface area contributed by atoms with Crippen molar-refractivity contribution in [2.45, 2.75) is 6.42 Å². The van der Waals surface area contributed by atoms with Crippen LogP contribution in [0.4, 0.5) is 0 Å². The number of benzene rings is 4. The van der Waals surface area contributed by atoms with E-state index in [1.165, 1.54) is 21.5 Å². The summed E-state index contributed by atoms with van der Waals surface area (Å²) in [6, 6.07) is 43.1. The van der Waals surface area contributed by atoms with Crippen LogP contribution in [0.15, 0.2) is 115 Å². The van der Waals surface area contributed by atoms with Crippen molar-refractivity contribution in [2.24, 2.45) is 0 Å². The van der Waals surface area contributed by atoms with Crippen molar-refractivity contribution in [3.8, 4) is 6.07 Å². The Hall–Kier alpha value is -2.91. The molecule has 0 aliphatic heterocycles. The molecule has 0 radical (unpaired) electrons. The first-order chi connectivity index (χ1) is 14.3. The van der Waals surface area contributed by atoms with Gasteiger partial charge in [0.2, 0.25) is 0 Å². The Morgan fingerprint density at radius 1 is 0.600 bits per heavy atom. The normalized spacial score (nSPS) is 10.6. The van der Waals surface area contributed by atoms with E-state index in [-0.39, 0.29) is 12.4 Å². The predicted octanol–water partition coefficient (Wildman–Crippen LogP) is 2.10. The molecule has 0 saturated heterocycles. The van der Waals surface area contributed by atoms with E-state index in [2.05, 4.69) is 103 Å². The Morgan fingerprint density at radius 3 is 1.50 bits per heavy atom. The second kappa shape index (κ2) is 10.2. The Bertz CT molecular complexity index is 1010. The molecule has 0 aromatic heterocycles. The number of nitrogens with zero attached hydrogens (tertiary/aromatic N) is 1. The molecule has 0 aliphatic rings. The first-order valence-electron chi connectivity index (χ1n) is 9.87. The van der Waals surface area contributed by atoms with Crippen LogP contribution in [-0.4, -0.2) is 6.16 Å². The van der Waals surface area contributed by atoms with Gasteiger partial charge in [-0.2, -0.15) is 5.26 Å². The number of nitriles is 1. The van der Waals surface area contributed by atoms with E-state index in [0.29, 0.717) is 0 Å². The lowest BCUT2D eigenvalue weighted by molar-refractivity contribution is -0.00000584.